The molecule has 0 spiro atoms. The van der Waals surface area contributed by atoms with Gasteiger partial charge in [0, 0.05) is 17.5 Å². The molecule has 1 aliphatic carbocycles. The van der Waals surface area contributed by atoms with Gasteiger partial charge in [-0.1, -0.05) is 6.07 Å². The van der Waals surface area contributed by atoms with E-state index < -0.39 is 0 Å². The number of hydrogen-bond donors (Lipinski definition) is 0. The highest BCUT2D eigenvalue weighted by Gasteiger charge is 2.19. The van der Waals surface area contributed by atoms with Gasteiger partial charge in [-0.2, -0.15) is 4.98 Å². The fraction of sp³-hybridized carbons (Fsp3) is 0.400. The van der Waals surface area contributed by atoms with Crippen LogP contribution in [-0.2, 0) is 19.4 Å². The third kappa shape index (κ3) is 2.50. The first-order chi connectivity index (χ1) is 9.79. The Morgan fingerprint density at radius 2 is 2.15 bits per heavy atom. The molecule has 1 aliphatic rings. The second-order valence-corrected chi connectivity index (χ2v) is 5.74. The van der Waals surface area contributed by atoms with Crippen molar-refractivity contribution in [3.63, 3.8) is 0 Å². The number of fused-ring (bicyclic) bond motifs is 1. The van der Waals surface area contributed by atoms with E-state index in [0.717, 1.165) is 35.7 Å². The summed E-state index contributed by atoms with van der Waals surface area (Å²) in [6.45, 7) is 0.518. The predicted molar refractivity (Wildman–Crippen MR) is 80.3 cm³/mol. The van der Waals surface area contributed by atoms with E-state index in [-0.39, 0.29) is 5.69 Å². The molecule has 0 fully saturated rings. The zero-order valence-electron chi connectivity index (χ0n) is 11.5. The number of thioether (sulfide) groups is 1. The van der Waals surface area contributed by atoms with Crippen molar-refractivity contribution in [1.82, 2.24) is 14.5 Å². The van der Waals surface area contributed by atoms with Crippen molar-refractivity contribution in [2.45, 2.75) is 37.3 Å². The minimum Gasteiger partial charge on any atom is -0.290 e. The summed E-state index contributed by atoms with van der Waals surface area (Å²) in [6.07, 6.45) is 8.07. The number of pyridine rings is 1. The first kappa shape index (κ1) is 13.4. The molecule has 2 heterocycles. The summed E-state index contributed by atoms with van der Waals surface area (Å²) in [6, 6.07) is 5.78. The SMILES string of the molecule is CSc1nc(=O)n(Cc2ccccn2)c2c1CCCC2. The second-order valence-electron chi connectivity index (χ2n) is 4.94. The quantitative estimate of drug-likeness (QED) is 0.642. The average Bonchev–Trinajstić information content (AvgIpc) is 2.51. The molecule has 0 saturated heterocycles. The Morgan fingerprint density at radius 1 is 1.30 bits per heavy atom. The molecule has 0 bridgehead atoms. The topological polar surface area (TPSA) is 47.8 Å². The molecule has 0 atom stereocenters. The Balaban J connectivity index is 2.08. The Bertz CT molecular complexity index is 667. The van der Waals surface area contributed by atoms with Crippen molar-refractivity contribution in [1.29, 1.82) is 0 Å². The lowest BCUT2D eigenvalue weighted by Gasteiger charge is -2.22. The molecule has 3 rings (SSSR count). The van der Waals surface area contributed by atoms with Crippen molar-refractivity contribution in [2.24, 2.45) is 0 Å². The lowest BCUT2D eigenvalue weighted by atomic mass is 9.97. The summed E-state index contributed by atoms with van der Waals surface area (Å²) >= 11 is 1.57. The van der Waals surface area contributed by atoms with Crippen LogP contribution in [0.4, 0.5) is 0 Å². The number of aromatic nitrogens is 3. The van der Waals surface area contributed by atoms with Crippen LogP contribution >= 0.6 is 11.8 Å². The molecule has 20 heavy (non-hydrogen) atoms. The minimum atomic E-state index is -0.152. The highest BCUT2D eigenvalue weighted by molar-refractivity contribution is 7.98. The van der Waals surface area contributed by atoms with Crippen LogP contribution in [0.1, 0.15) is 29.8 Å². The van der Waals surface area contributed by atoms with Crippen LogP contribution in [0.3, 0.4) is 0 Å². The van der Waals surface area contributed by atoms with Crippen molar-refractivity contribution < 1.29 is 0 Å². The first-order valence-electron chi connectivity index (χ1n) is 6.86. The van der Waals surface area contributed by atoms with Crippen LogP contribution in [0.25, 0.3) is 0 Å². The maximum atomic E-state index is 12.3. The third-order valence-electron chi connectivity index (χ3n) is 3.69. The highest BCUT2D eigenvalue weighted by atomic mass is 32.2. The molecule has 2 aromatic rings. The summed E-state index contributed by atoms with van der Waals surface area (Å²) in [5, 5.41) is 0.905. The Kier molecular flexibility index (Phi) is 3.87. The zero-order valence-corrected chi connectivity index (χ0v) is 12.3. The highest BCUT2D eigenvalue weighted by Crippen LogP contribution is 2.27. The van der Waals surface area contributed by atoms with Gasteiger partial charge in [-0.15, -0.1) is 11.8 Å². The van der Waals surface area contributed by atoms with Gasteiger partial charge >= 0.3 is 5.69 Å². The number of hydrogen-bond acceptors (Lipinski definition) is 4. The van der Waals surface area contributed by atoms with Gasteiger partial charge in [-0.25, -0.2) is 4.79 Å². The van der Waals surface area contributed by atoms with Crippen LogP contribution in [0.2, 0.25) is 0 Å². The summed E-state index contributed by atoms with van der Waals surface area (Å²) in [4.78, 5) is 20.8. The van der Waals surface area contributed by atoms with Gasteiger partial charge in [-0.3, -0.25) is 9.55 Å². The fourth-order valence-corrected chi connectivity index (χ4v) is 3.37. The molecule has 0 saturated carbocycles. The Morgan fingerprint density at radius 3 is 2.90 bits per heavy atom. The standard InChI is InChI=1S/C15H17N3OS/c1-20-14-12-7-2-3-8-13(12)18(15(19)17-14)10-11-6-4-5-9-16-11/h4-6,9H,2-3,7-8,10H2,1H3. The lowest BCUT2D eigenvalue weighted by Crippen LogP contribution is -2.30. The first-order valence-corrected chi connectivity index (χ1v) is 8.08. The number of rotatable bonds is 3. The average molecular weight is 287 g/mol. The van der Waals surface area contributed by atoms with E-state index in [2.05, 4.69) is 9.97 Å². The van der Waals surface area contributed by atoms with Crippen molar-refractivity contribution >= 4 is 11.8 Å². The summed E-state index contributed by atoms with van der Waals surface area (Å²) < 4.78 is 1.80. The van der Waals surface area contributed by atoms with Gasteiger partial charge in [0.05, 0.1) is 12.2 Å². The van der Waals surface area contributed by atoms with Crippen molar-refractivity contribution in [3.8, 4) is 0 Å². The van der Waals surface area contributed by atoms with Crippen LogP contribution in [0.15, 0.2) is 34.2 Å². The minimum absolute atomic E-state index is 0.152. The van der Waals surface area contributed by atoms with E-state index in [4.69, 9.17) is 0 Å². The number of nitrogens with zero attached hydrogens (tertiary/aromatic N) is 3. The van der Waals surface area contributed by atoms with Gasteiger partial charge in [0.2, 0.25) is 0 Å². The van der Waals surface area contributed by atoms with Gasteiger partial charge < -0.3 is 0 Å². The molecule has 0 N–H and O–H groups in total. The van der Waals surface area contributed by atoms with Crippen molar-refractivity contribution in [3.05, 3.63) is 51.8 Å². The van der Waals surface area contributed by atoms with Crippen LogP contribution in [-0.4, -0.2) is 20.8 Å². The Labute approximate surface area is 122 Å². The maximum Gasteiger partial charge on any atom is 0.349 e. The molecular weight excluding hydrogens is 270 g/mol. The fourth-order valence-electron chi connectivity index (χ4n) is 2.73. The van der Waals surface area contributed by atoms with Gasteiger partial charge in [0.15, 0.2) is 0 Å². The van der Waals surface area contributed by atoms with E-state index in [0.29, 0.717) is 6.54 Å². The van der Waals surface area contributed by atoms with E-state index in [9.17, 15) is 4.79 Å². The van der Waals surface area contributed by atoms with Gasteiger partial charge in [0.1, 0.15) is 5.03 Å². The van der Waals surface area contributed by atoms with Gasteiger partial charge in [0.25, 0.3) is 0 Å². The van der Waals surface area contributed by atoms with E-state index in [1.807, 2.05) is 24.5 Å². The molecule has 0 unspecified atom stereocenters. The molecule has 4 nitrogen and oxygen atoms in total. The van der Waals surface area contributed by atoms with Gasteiger partial charge in [-0.05, 0) is 44.1 Å². The second kappa shape index (κ2) is 5.79. The monoisotopic (exact) mass is 287 g/mol. The lowest BCUT2D eigenvalue weighted by molar-refractivity contribution is 0.566. The van der Waals surface area contributed by atoms with Crippen LogP contribution in [0, 0.1) is 0 Å². The normalized spacial score (nSPS) is 14.1. The van der Waals surface area contributed by atoms with E-state index in [1.54, 1.807) is 22.5 Å². The van der Waals surface area contributed by atoms with Crippen LogP contribution in [0.5, 0.6) is 0 Å². The molecule has 104 valence electrons. The largest absolute Gasteiger partial charge is 0.349 e. The third-order valence-corrected chi connectivity index (χ3v) is 4.41. The molecule has 0 amide bonds. The molecule has 5 heteroatoms. The molecule has 0 aliphatic heterocycles. The molecule has 0 aromatic carbocycles. The summed E-state index contributed by atoms with van der Waals surface area (Å²) in [5.41, 5.74) is 3.17. The molecular formula is C15H17N3OS. The van der Waals surface area contributed by atoms with E-state index >= 15 is 0 Å². The van der Waals surface area contributed by atoms with E-state index in [1.165, 1.54) is 12.0 Å². The maximum absolute atomic E-state index is 12.3. The summed E-state index contributed by atoms with van der Waals surface area (Å²) in [5.74, 6) is 0. The molecule has 2 aromatic heterocycles. The summed E-state index contributed by atoms with van der Waals surface area (Å²) in [7, 11) is 0. The molecule has 0 radical (unpaired) electrons. The smallest absolute Gasteiger partial charge is 0.290 e. The van der Waals surface area contributed by atoms with Crippen molar-refractivity contribution in [2.75, 3.05) is 6.26 Å². The Hall–Kier alpha value is -1.62. The predicted octanol–water partition coefficient (Wildman–Crippen LogP) is 2.29. The zero-order chi connectivity index (χ0) is 13.9. The van der Waals surface area contributed by atoms with Crippen LogP contribution < -0.4 is 5.69 Å².